The lowest BCUT2D eigenvalue weighted by atomic mass is 10.1. The molecule has 0 saturated heterocycles. The van der Waals surface area contributed by atoms with E-state index in [2.05, 4.69) is 15.3 Å². The maximum Gasteiger partial charge on any atom is 0.317 e. The van der Waals surface area contributed by atoms with Gasteiger partial charge >= 0.3 is 5.97 Å². The van der Waals surface area contributed by atoms with E-state index in [1.165, 1.54) is 43.3 Å². The highest BCUT2D eigenvalue weighted by atomic mass is 32.2. The zero-order valence-corrected chi connectivity index (χ0v) is 16.8. The van der Waals surface area contributed by atoms with Crippen LogP contribution in [0.5, 0.6) is 0 Å². The number of aromatic nitrogens is 2. The first-order chi connectivity index (χ1) is 13.4. The number of nitrogens with zero attached hydrogens (tertiary/aromatic N) is 2. The minimum absolute atomic E-state index is 0.0272. The van der Waals surface area contributed by atoms with E-state index in [4.69, 9.17) is 4.74 Å². The average Bonchev–Trinajstić information content (AvgIpc) is 3.15. The fraction of sp³-hybridized carbons (Fsp3) is 0.211. The van der Waals surface area contributed by atoms with E-state index in [1.54, 1.807) is 24.3 Å². The smallest absolute Gasteiger partial charge is 0.317 e. The summed E-state index contributed by atoms with van der Waals surface area (Å²) in [5.41, 5.74) is 0.958. The van der Waals surface area contributed by atoms with Crippen LogP contribution < -0.4 is 5.32 Å². The van der Waals surface area contributed by atoms with Gasteiger partial charge in [0, 0.05) is 16.6 Å². The fourth-order valence-corrected chi connectivity index (χ4v) is 3.92. The molecule has 0 fully saturated rings. The SMILES string of the molecule is CC(=O)c1cccc(NC(=O)C(C)OC(=O)CSc2ncnc3sccc23)c1. The van der Waals surface area contributed by atoms with Gasteiger partial charge in [-0.1, -0.05) is 23.9 Å². The Bertz CT molecular complexity index is 1030. The lowest BCUT2D eigenvalue weighted by molar-refractivity contribution is -0.150. The van der Waals surface area contributed by atoms with Crippen LogP contribution in [0.1, 0.15) is 24.2 Å². The molecule has 0 aliphatic heterocycles. The zero-order chi connectivity index (χ0) is 20.1. The van der Waals surface area contributed by atoms with Crippen LogP contribution in [-0.2, 0) is 14.3 Å². The molecule has 3 rings (SSSR count). The van der Waals surface area contributed by atoms with Gasteiger partial charge in [-0.25, -0.2) is 9.97 Å². The van der Waals surface area contributed by atoms with Crippen LogP contribution in [0.4, 0.5) is 5.69 Å². The molecule has 1 N–H and O–H groups in total. The number of carbonyl (C=O) groups is 3. The van der Waals surface area contributed by atoms with Crippen LogP contribution in [0.3, 0.4) is 0 Å². The Labute approximate surface area is 169 Å². The standard InChI is InChI=1S/C19H17N3O4S2/c1-11(23)13-4-3-5-14(8-13)22-17(25)12(2)26-16(24)9-28-19-15-6-7-27-18(15)20-10-21-19/h3-8,10,12H,9H2,1-2H3,(H,22,25). The number of ether oxygens (including phenoxy) is 1. The third-order valence-electron chi connectivity index (χ3n) is 3.77. The summed E-state index contributed by atoms with van der Waals surface area (Å²) in [5, 5.41) is 6.14. The summed E-state index contributed by atoms with van der Waals surface area (Å²) < 4.78 is 5.20. The summed E-state index contributed by atoms with van der Waals surface area (Å²) in [6.07, 6.45) is 0.484. The van der Waals surface area contributed by atoms with E-state index in [1.807, 2.05) is 11.4 Å². The molecule has 0 aliphatic rings. The highest BCUT2D eigenvalue weighted by Gasteiger charge is 2.19. The number of anilines is 1. The minimum Gasteiger partial charge on any atom is -0.452 e. The maximum atomic E-state index is 12.2. The van der Waals surface area contributed by atoms with Crippen molar-refractivity contribution in [2.24, 2.45) is 0 Å². The number of esters is 1. The average molecular weight is 415 g/mol. The van der Waals surface area contributed by atoms with E-state index in [-0.39, 0.29) is 11.5 Å². The summed E-state index contributed by atoms with van der Waals surface area (Å²) in [7, 11) is 0. The number of carbonyl (C=O) groups excluding carboxylic acids is 3. The van der Waals surface area contributed by atoms with Gasteiger partial charge < -0.3 is 10.1 Å². The maximum absolute atomic E-state index is 12.2. The van der Waals surface area contributed by atoms with Crippen LogP contribution in [0, 0.1) is 0 Å². The monoisotopic (exact) mass is 415 g/mol. The van der Waals surface area contributed by atoms with Crippen molar-refractivity contribution >= 4 is 56.7 Å². The Balaban J connectivity index is 1.53. The quantitative estimate of drug-likeness (QED) is 0.273. The summed E-state index contributed by atoms with van der Waals surface area (Å²) in [6, 6.07) is 8.48. The highest BCUT2D eigenvalue weighted by Crippen LogP contribution is 2.27. The van der Waals surface area contributed by atoms with E-state index in [9.17, 15) is 14.4 Å². The molecule has 1 amide bonds. The Hall–Kier alpha value is -2.78. The molecule has 0 radical (unpaired) electrons. The zero-order valence-electron chi connectivity index (χ0n) is 15.2. The van der Waals surface area contributed by atoms with Gasteiger partial charge in [-0.2, -0.15) is 0 Å². The molecule has 3 aromatic rings. The van der Waals surface area contributed by atoms with Gasteiger partial charge in [-0.15, -0.1) is 11.3 Å². The second kappa shape index (κ2) is 8.94. The topological polar surface area (TPSA) is 98.2 Å². The van der Waals surface area contributed by atoms with Crippen molar-refractivity contribution in [2.45, 2.75) is 25.0 Å². The number of fused-ring (bicyclic) bond motifs is 1. The molecule has 9 heteroatoms. The van der Waals surface area contributed by atoms with Gasteiger partial charge in [0.25, 0.3) is 5.91 Å². The summed E-state index contributed by atoms with van der Waals surface area (Å²) in [5.74, 6) is -1.06. The van der Waals surface area contributed by atoms with Crippen LogP contribution in [-0.4, -0.2) is 39.5 Å². The van der Waals surface area contributed by atoms with Gasteiger partial charge in [0.1, 0.15) is 16.2 Å². The Morgan fingerprint density at radius 1 is 1.25 bits per heavy atom. The van der Waals surface area contributed by atoms with E-state index >= 15 is 0 Å². The summed E-state index contributed by atoms with van der Waals surface area (Å²) >= 11 is 2.74. The second-order valence-electron chi connectivity index (χ2n) is 5.87. The van der Waals surface area contributed by atoms with E-state index in [0.29, 0.717) is 16.3 Å². The third kappa shape index (κ3) is 4.93. The first-order valence-corrected chi connectivity index (χ1v) is 10.2. The molecule has 1 atom stereocenters. The van der Waals surface area contributed by atoms with Crippen LogP contribution >= 0.6 is 23.1 Å². The first kappa shape index (κ1) is 20.0. The van der Waals surface area contributed by atoms with Gasteiger partial charge in [-0.05, 0) is 37.4 Å². The van der Waals surface area contributed by atoms with Crippen molar-refractivity contribution < 1.29 is 19.1 Å². The van der Waals surface area contributed by atoms with Gasteiger partial charge in [0.15, 0.2) is 11.9 Å². The van der Waals surface area contributed by atoms with Crippen molar-refractivity contribution in [3.63, 3.8) is 0 Å². The number of Topliss-reactive ketones (excluding diaryl/α,β-unsaturated/α-hetero) is 1. The molecule has 2 aromatic heterocycles. The van der Waals surface area contributed by atoms with Crippen LogP contribution in [0.25, 0.3) is 10.2 Å². The third-order valence-corrected chi connectivity index (χ3v) is 5.57. The van der Waals surface area contributed by atoms with Crippen molar-refractivity contribution in [2.75, 3.05) is 11.1 Å². The molecule has 144 valence electrons. The number of hydrogen-bond acceptors (Lipinski definition) is 8. The number of rotatable bonds is 7. The molecule has 0 spiro atoms. The lowest BCUT2D eigenvalue weighted by Crippen LogP contribution is -2.30. The Morgan fingerprint density at radius 2 is 2.07 bits per heavy atom. The number of hydrogen-bond donors (Lipinski definition) is 1. The molecule has 0 saturated carbocycles. The predicted molar refractivity (Wildman–Crippen MR) is 109 cm³/mol. The van der Waals surface area contributed by atoms with E-state index in [0.717, 1.165) is 10.2 Å². The normalized spacial score (nSPS) is 11.8. The molecule has 0 aliphatic carbocycles. The molecule has 1 unspecified atom stereocenters. The Kier molecular flexibility index (Phi) is 6.37. The van der Waals surface area contributed by atoms with Crippen LogP contribution in [0.15, 0.2) is 47.1 Å². The molecule has 2 heterocycles. The number of thioether (sulfide) groups is 1. The van der Waals surface area contributed by atoms with Gasteiger partial charge in [0.05, 0.1) is 5.75 Å². The molecule has 28 heavy (non-hydrogen) atoms. The molecule has 1 aromatic carbocycles. The van der Waals surface area contributed by atoms with Crippen molar-refractivity contribution in [3.05, 3.63) is 47.6 Å². The van der Waals surface area contributed by atoms with Gasteiger partial charge in [-0.3, -0.25) is 14.4 Å². The van der Waals surface area contributed by atoms with E-state index < -0.39 is 18.0 Å². The molecular formula is C19H17N3O4S2. The van der Waals surface area contributed by atoms with Crippen LogP contribution in [0.2, 0.25) is 0 Å². The summed E-state index contributed by atoms with van der Waals surface area (Å²) in [6.45, 7) is 2.94. The lowest BCUT2D eigenvalue weighted by Gasteiger charge is -2.13. The number of nitrogens with one attached hydrogen (secondary N) is 1. The second-order valence-corrected chi connectivity index (χ2v) is 7.72. The molecular weight excluding hydrogens is 398 g/mol. The molecule has 0 bridgehead atoms. The number of ketones is 1. The minimum atomic E-state index is -0.972. The summed E-state index contributed by atoms with van der Waals surface area (Å²) in [4.78, 5) is 45.0. The first-order valence-electron chi connectivity index (χ1n) is 8.36. The number of amides is 1. The largest absolute Gasteiger partial charge is 0.452 e. The van der Waals surface area contributed by atoms with Gasteiger partial charge in [0.2, 0.25) is 0 Å². The highest BCUT2D eigenvalue weighted by molar-refractivity contribution is 8.00. The van der Waals surface area contributed by atoms with Crippen molar-refractivity contribution in [3.8, 4) is 0 Å². The fourth-order valence-electron chi connectivity index (χ4n) is 2.35. The number of thiophene rings is 1. The van der Waals surface area contributed by atoms with Crippen molar-refractivity contribution in [1.82, 2.24) is 9.97 Å². The van der Waals surface area contributed by atoms with Crippen molar-refractivity contribution in [1.29, 1.82) is 0 Å². The predicted octanol–water partition coefficient (Wildman–Crippen LogP) is 3.56. The number of benzene rings is 1. The molecule has 7 nitrogen and oxygen atoms in total. The Morgan fingerprint density at radius 3 is 2.86 bits per heavy atom.